The second kappa shape index (κ2) is 2.77. The summed E-state index contributed by atoms with van der Waals surface area (Å²) in [5.41, 5.74) is 0.592. The van der Waals surface area contributed by atoms with E-state index in [9.17, 15) is 13.6 Å². The number of rotatable bonds is 2. The fourth-order valence-corrected chi connectivity index (χ4v) is 0.641. The summed E-state index contributed by atoms with van der Waals surface area (Å²) in [6, 6.07) is 0. The molecule has 0 bridgehead atoms. The van der Waals surface area contributed by atoms with Crippen LogP contribution in [0.5, 0.6) is 0 Å². The number of ketones is 1. The van der Waals surface area contributed by atoms with Gasteiger partial charge in [0.15, 0.2) is 5.82 Å². The molecule has 60 valence electrons. The standard InChI is InChI=1S/C6H6F2N2O/c1-3-2-9-6(10-3)4(11)5(7)8/h2,5H,1H3,(H,9,10). The molecule has 0 saturated heterocycles. The molecule has 1 rings (SSSR count). The molecule has 0 spiro atoms. The quantitative estimate of drug-likeness (QED) is 0.660. The van der Waals surface area contributed by atoms with Crippen LogP contribution in [-0.4, -0.2) is 22.2 Å². The summed E-state index contributed by atoms with van der Waals surface area (Å²) < 4.78 is 23.4. The van der Waals surface area contributed by atoms with E-state index in [1.54, 1.807) is 6.92 Å². The highest BCUT2D eigenvalue weighted by Gasteiger charge is 2.19. The normalized spacial score (nSPS) is 10.5. The smallest absolute Gasteiger partial charge is 0.303 e. The Morgan fingerprint density at radius 2 is 2.36 bits per heavy atom. The van der Waals surface area contributed by atoms with E-state index in [1.807, 2.05) is 0 Å². The highest BCUT2D eigenvalue weighted by molar-refractivity contribution is 5.95. The van der Waals surface area contributed by atoms with E-state index in [1.165, 1.54) is 6.20 Å². The molecule has 0 aromatic carbocycles. The fraction of sp³-hybridized carbons (Fsp3) is 0.333. The lowest BCUT2D eigenvalue weighted by Gasteiger charge is -1.91. The monoisotopic (exact) mass is 160 g/mol. The van der Waals surface area contributed by atoms with Crippen LogP contribution < -0.4 is 0 Å². The van der Waals surface area contributed by atoms with Crippen LogP contribution in [0.25, 0.3) is 0 Å². The van der Waals surface area contributed by atoms with Crippen molar-refractivity contribution in [3.05, 3.63) is 17.7 Å². The first kappa shape index (κ1) is 7.84. The van der Waals surface area contributed by atoms with Crippen molar-refractivity contribution in [2.45, 2.75) is 13.3 Å². The third kappa shape index (κ3) is 1.60. The summed E-state index contributed by atoms with van der Waals surface area (Å²) in [6.45, 7) is 1.63. The van der Waals surface area contributed by atoms with Gasteiger partial charge in [-0.1, -0.05) is 0 Å². The highest BCUT2D eigenvalue weighted by atomic mass is 19.3. The fourth-order valence-electron chi connectivity index (χ4n) is 0.641. The van der Waals surface area contributed by atoms with Crippen LogP contribution >= 0.6 is 0 Å². The number of imidazole rings is 1. The summed E-state index contributed by atoms with van der Waals surface area (Å²) in [5, 5.41) is 0. The van der Waals surface area contributed by atoms with E-state index in [0.717, 1.165) is 0 Å². The van der Waals surface area contributed by atoms with Crippen molar-refractivity contribution in [1.29, 1.82) is 0 Å². The Morgan fingerprint density at radius 1 is 1.73 bits per heavy atom. The van der Waals surface area contributed by atoms with Crippen LogP contribution in [0.15, 0.2) is 6.20 Å². The van der Waals surface area contributed by atoms with E-state index in [-0.39, 0.29) is 5.82 Å². The third-order valence-electron chi connectivity index (χ3n) is 1.13. The van der Waals surface area contributed by atoms with E-state index in [0.29, 0.717) is 5.69 Å². The summed E-state index contributed by atoms with van der Waals surface area (Å²) >= 11 is 0. The van der Waals surface area contributed by atoms with Crippen molar-refractivity contribution in [3.8, 4) is 0 Å². The van der Waals surface area contributed by atoms with E-state index in [4.69, 9.17) is 0 Å². The molecule has 3 nitrogen and oxygen atoms in total. The highest BCUT2D eigenvalue weighted by Crippen LogP contribution is 2.03. The van der Waals surface area contributed by atoms with E-state index < -0.39 is 12.2 Å². The topological polar surface area (TPSA) is 45.8 Å². The van der Waals surface area contributed by atoms with Gasteiger partial charge in [-0.2, -0.15) is 0 Å². The molecule has 0 aliphatic rings. The van der Waals surface area contributed by atoms with Crippen molar-refractivity contribution in [2.75, 3.05) is 0 Å². The maximum Gasteiger partial charge on any atom is 0.303 e. The molecule has 0 saturated carbocycles. The maximum atomic E-state index is 11.7. The van der Waals surface area contributed by atoms with Gasteiger partial charge in [0.2, 0.25) is 0 Å². The van der Waals surface area contributed by atoms with Gasteiger partial charge in [0.25, 0.3) is 5.78 Å². The van der Waals surface area contributed by atoms with Crippen molar-refractivity contribution in [3.63, 3.8) is 0 Å². The number of alkyl halides is 2. The lowest BCUT2D eigenvalue weighted by Crippen LogP contribution is -2.11. The van der Waals surface area contributed by atoms with Gasteiger partial charge in [-0.15, -0.1) is 0 Å². The van der Waals surface area contributed by atoms with Gasteiger partial charge < -0.3 is 4.98 Å². The molecule has 0 unspecified atom stereocenters. The van der Waals surface area contributed by atoms with Gasteiger partial charge in [-0.3, -0.25) is 4.79 Å². The van der Waals surface area contributed by atoms with Gasteiger partial charge in [-0.05, 0) is 6.92 Å². The van der Waals surface area contributed by atoms with Gasteiger partial charge >= 0.3 is 6.43 Å². The Labute approximate surface area is 61.4 Å². The summed E-state index contributed by atoms with van der Waals surface area (Å²) in [6.07, 6.45) is -1.66. The molecule has 0 radical (unpaired) electrons. The molecule has 0 aliphatic carbocycles. The number of nitrogens with one attached hydrogen (secondary N) is 1. The number of aromatic nitrogens is 2. The largest absolute Gasteiger partial charge is 0.339 e. The number of hydrogen-bond acceptors (Lipinski definition) is 2. The summed E-state index contributed by atoms with van der Waals surface area (Å²) in [4.78, 5) is 16.4. The number of aromatic amines is 1. The molecular weight excluding hydrogens is 154 g/mol. The van der Waals surface area contributed by atoms with Crippen molar-refractivity contribution in [1.82, 2.24) is 9.97 Å². The first-order valence-corrected chi connectivity index (χ1v) is 2.95. The van der Waals surface area contributed by atoms with Gasteiger partial charge in [-0.25, -0.2) is 13.8 Å². The number of carbonyl (C=O) groups excluding carboxylic acids is 1. The Morgan fingerprint density at radius 3 is 2.73 bits per heavy atom. The minimum absolute atomic E-state index is 0.280. The van der Waals surface area contributed by atoms with Crippen LogP contribution in [-0.2, 0) is 0 Å². The number of aryl methyl sites for hydroxylation is 1. The Balaban J connectivity index is 2.85. The number of hydrogen-bond donors (Lipinski definition) is 1. The van der Waals surface area contributed by atoms with Crippen LogP contribution in [0.3, 0.4) is 0 Å². The first-order valence-electron chi connectivity index (χ1n) is 2.95. The number of halogens is 2. The van der Waals surface area contributed by atoms with Crippen molar-refractivity contribution < 1.29 is 13.6 Å². The molecule has 1 aromatic heterocycles. The second-order valence-electron chi connectivity index (χ2n) is 2.08. The number of carbonyl (C=O) groups is 1. The minimum atomic E-state index is -2.99. The first-order chi connectivity index (χ1) is 5.11. The summed E-state index contributed by atoms with van der Waals surface area (Å²) in [7, 11) is 0. The number of nitrogens with zero attached hydrogens (tertiary/aromatic N) is 1. The van der Waals surface area contributed by atoms with Crippen molar-refractivity contribution >= 4 is 5.78 Å². The molecule has 0 amide bonds. The average Bonchev–Trinajstić information content (AvgIpc) is 2.34. The Kier molecular flexibility index (Phi) is 1.98. The molecule has 1 heterocycles. The molecule has 5 heteroatoms. The van der Waals surface area contributed by atoms with Crippen molar-refractivity contribution in [2.24, 2.45) is 0 Å². The van der Waals surface area contributed by atoms with Crippen LogP contribution in [0.1, 0.15) is 16.3 Å². The molecular formula is C6H6F2N2O. The molecule has 0 aliphatic heterocycles. The molecule has 11 heavy (non-hydrogen) atoms. The zero-order valence-electron chi connectivity index (χ0n) is 5.77. The zero-order chi connectivity index (χ0) is 8.43. The minimum Gasteiger partial charge on any atom is -0.339 e. The summed E-state index contributed by atoms with van der Waals surface area (Å²) in [5.74, 6) is -1.55. The van der Waals surface area contributed by atoms with E-state index >= 15 is 0 Å². The third-order valence-corrected chi connectivity index (χ3v) is 1.13. The molecule has 1 N–H and O–H groups in total. The Bertz CT molecular complexity index is 269. The number of H-pyrrole nitrogens is 1. The van der Waals surface area contributed by atoms with E-state index in [2.05, 4.69) is 9.97 Å². The van der Waals surface area contributed by atoms with Crippen LogP contribution in [0.2, 0.25) is 0 Å². The SMILES string of the molecule is Cc1cnc(C(=O)C(F)F)[nH]1. The van der Waals surface area contributed by atoms with Gasteiger partial charge in [0.05, 0.1) is 0 Å². The van der Waals surface area contributed by atoms with Crippen LogP contribution in [0, 0.1) is 6.92 Å². The average molecular weight is 160 g/mol. The zero-order valence-corrected chi connectivity index (χ0v) is 5.77. The second-order valence-corrected chi connectivity index (χ2v) is 2.08. The molecule has 0 atom stereocenters. The Hall–Kier alpha value is -1.26. The lowest BCUT2D eigenvalue weighted by molar-refractivity contribution is 0.0668. The lowest BCUT2D eigenvalue weighted by atomic mass is 10.4. The predicted molar refractivity (Wildman–Crippen MR) is 33.7 cm³/mol. The van der Waals surface area contributed by atoms with Crippen LogP contribution in [0.4, 0.5) is 8.78 Å². The van der Waals surface area contributed by atoms with Gasteiger partial charge in [0.1, 0.15) is 0 Å². The molecule has 0 fully saturated rings. The molecule has 1 aromatic rings. The van der Waals surface area contributed by atoms with Gasteiger partial charge in [0, 0.05) is 11.9 Å². The predicted octanol–water partition coefficient (Wildman–Crippen LogP) is 1.17. The number of Topliss-reactive ketones (excluding diaryl/α,β-unsaturated/α-hetero) is 1. The maximum absolute atomic E-state index is 11.7.